The fourth-order valence-corrected chi connectivity index (χ4v) is 9.54. The Morgan fingerprint density at radius 1 is 0.455 bits per heavy atom. The molecule has 3 aliphatic carbocycles. The summed E-state index contributed by atoms with van der Waals surface area (Å²) in [6.07, 6.45) is 18.5. The van der Waals surface area contributed by atoms with Gasteiger partial charge in [0.1, 0.15) is 0 Å². The first-order valence-corrected chi connectivity index (χ1v) is 37.6. The highest BCUT2D eigenvalue weighted by molar-refractivity contribution is 6.79. The number of hydrogen-bond donors (Lipinski definition) is 0. The number of alkyl halides is 9. The van der Waals surface area contributed by atoms with Gasteiger partial charge < -0.3 is 0 Å². The van der Waals surface area contributed by atoms with Crippen LogP contribution in [0.15, 0.2) is 0 Å². The fourth-order valence-electron chi connectivity index (χ4n) is 6.54. The number of rotatable bonds is 9. The molecule has 11 heteroatoms. The van der Waals surface area contributed by atoms with E-state index < -0.39 is 57.3 Å². The largest absolute Gasteiger partial charge is 0.378 e. The average Bonchev–Trinajstić information content (AvgIpc) is 3.31. The van der Waals surface area contributed by atoms with Crippen LogP contribution in [0, 0.1) is 39.9 Å². The van der Waals surface area contributed by atoms with Gasteiger partial charge in [0.25, 0.3) is 0 Å². The third-order valence-electron chi connectivity index (χ3n) is 16.0. The summed E-state index contributed by atoms with van der Waals surface area (Å²) in [7, 11) is -1.32. The van der Waals surface area contributed by atoms with Crippen LogP contribution >= 0.6 is 0 Å². The van der Waals surface area contributed by atoms with Crippen molar-refractivity contribution in [2.24, 2.45) is 39.9 Å². The predicted molar refractivity (Wildman–Crippen MR) is 340 cm³/mol. The normalized spacial score (nSPS) is 25.4. The summed E-state index contributed by atoms with van der Waals surface area (Å²) in [5.41, 5.74) is -12.4. The quantitative estimate of drug-likeness (QED) is 0.159. The van der Waals surface area contributed by atoms with Gasteiger partial charge in [-0.1, -0.05) is 320 Å². The van der Waals surface area contributed by atoms with Gasteiger partial charge in [0.2, 0.25) is 11.3 Å². The molecule has 0 aliphatic heterocycles. The molecule has 0 saturated heterocycles. The van der Waals surface area contributed by atoms with Crippen LogP contribution in [0.4, 0.5) is 39.5 Å². The van der Waals surface area contributed by atoms with Crippen LogP contribution in [-0.2, 0) is 0 Å². The zero-order chi connectivity index (χ0) is 65.7. The molecule has 3 fully saturated rings. The lowest BCUT2D eigenvalue weighted by atomic mass is 9.62. The van der Waals surface area contributed by atoms with Crippen LogP contribution < -0.4 is 0 Å². The van der Waals surface area contributed by atoms with E-state index in [1.165, 1.54) is 134 Å². The Kier molecular flexibility index (Phi) is 50.7. The summed E-state index contributed by atoms with van der Waals surface area (Å²) < 4.78 is 132. The van der Waals surface area contributed by atoms with Crippen molar-refractivity contribution in [3.05, 3.63) is 0 Å². The summed E-state index contributed by atoms with van der Waals surface area (Å²) in [6, 6.07) is 7.34. The molecule has 0 aromatic heterocycles. The third-order valence-corrected chi connectivity index (χ3v) is 24.1. The van der Waals surface area contributed by atoms with Crippen molar-refractivity contribution in [3.8, 4) is 0 Å². The molecule has 3 atom stereocenters. The van der Waals surface area contributed by atoms with E-state index >= 15 is 0 Å². The molecular formula is C66H143F9Si2. The molecule has 2 unspecified atom stereocenters. The molecule has 478 valence electrons. The maximum atomic E-state index is 13.7. The standard InChI is InChI=1S/C9H9F9.C9H18.C8H20Si.C8H16.C7H16.C5H14Si.2C5H12.C4H10.2C3H8/c1-4(10)5(2,11)7(13,14)9(17,18)8(15,16)6(4,3)12;1-8-4-6-9(2,3)7-5-8;1-5-9(6-2,7-3)8-4;1-7-3-5-8(2)6-4-7;1-5-7(3,4)6-2;1-5-6(2,3)4;1-5(2,3)4;1-4-5(2)3;1-3-4-2;2*1-3-2/h1-3H3;8H,4-7H2,1-3H3;5-8H2,1-4H3;7-8H,3-6H2,1-2H3;5-6H2,1-4H3;5H2,1-4H3;1-4H3;5H,4H2,1-3H3;3-4H2,1-2H3;2*3H2,1-2H3/t4?,5-,6?;;;;;;;;;;/m1........../s1/i;;;;;;;;;3D2;. The van der Waals surface area contributed by atoms with Gasteiger partial charge in [0, 0.05) is 10.8 Å². The van der Waals surface area contributed by atoms with Crippen LogP contribution in [0.25, 0.3) is 0 Å². The molecule has 0 spiro atoms. The van der Waals surface area contributed by atoms with Gasteiger partial charge in [-0.25, -0.2) is 13.2 Å². The molecule has 0 amide bonds. The van der Waals surface area contributed by atoms with E-state index in [1.807, 2.05) is 0 Å². The highest BCUT2D eigenvalue weighted by Gasteiger charge is 2.95. The van der Waals surface area contributed by atoms with Crippen molar-refractivity contribution < 1.29 is 42.3 Å². The summed E-state index contributed by atoms with van der Waals surface area (Å²) in [5.74, 6) is -14.6. The first kappa shape index (κ1) is 88.0. The van der Waals surface area contributed by atoms with Crippen molar-refractivity contribution in [2.45, 2.75) is 389 Å². The lowest BCUT2D eigenvalue weighted by Gasteiger charge is -2.56. The second-order valence-corrected chi connectivity index (χ2v) is 39.8. The van der Waals surface area contributed by atoms with Crippen molar-refractivity contribution in [1.82, 2.24) is 0 Å². The molecular weight excluding hydrogens is 1020 g/mol. The van der Waals surface area contributed by atoms with Crippen molar-refractivity contribution in [2.75, 3.05) is 0 Å². The van der Waals surface area contributed by atoms with Gasteiger partial charge >= 0.3 is 17.8 Å². The molecule has 0 radical (unpaired) electrons. The Morgan fingerprint density at radius 2 is 0.662 bits per heavy atom. The Morgan fingerprint density at radius 3 is 0.779 bits per heavy atom. The molecule has 0 bridgehead atoms. The van der Waals surface area contributed by atoms with Crippen molar-refractivity contribution in [1.29, 1.82) is 0 Å². The van der Waals surface area contributed by atoms with Crippen molar-refractivity contribution >= 4 is 16.1 Å². The highest BCUT2D eigenvalue weighted by Crippen LogP contribution is 2.68. The summed E-state index contributed by atoms with van der Waals surface area (Å²) in [6.45, 7) is 65.9. The molecule has 3 aliphatic rings. The van der Waals surface area contributed by atoms with E-state index in [2.05, 4.69) is 193 Å². The van der Waals surface area contributed by atoms with E-state index in [0.717, 1.165) is 23.7 Å². The molecule has 0 nitrogen and oxygen atoms in total. The zero-order valence-corrected chi connectivity index (χ0v) is 60.1. The molecule has 3 rings (SSSR count). The van der Waals surface area contributed by atoms with E-state index in [9.17, 15) is 39.5 Å². The van der Waals surface area contributed by atoms with E-state index in [0.29, 0.717) is 16.2 Å². The maximum absolute atomic E-state index is 13.7. The molecule has 0 heterocycles. The first-order chi connectivity index (χ1) is 34.9. The average molecular weight is 1170 g/mol. The van der Waals surface area contributed by atoms with E-state index in [1.54, 1.807) is 0 Å². The minimum absolute atomic E-state index is 0.232. The van der Waals surface area contributed by atoms with Crippen LogP contribution in [0.5, 0.6) is 0 Å². The fraction of sp³-hybridized carbons (Fsp3) is 1.00. The van der Waals surface area contributed by atoms with Crippen LogP contribution in [-0.4, -0.2) is 50.9 Å². The van der Waals surface area contributed by atoms with Crippen LogP contribution in [0.3, 0.4) is 0 Å². The van der Waals surface area contributed by atoms with Gasteiger partial charge in [0.15, 0.2) is 5.67 Å². The van der Waals surface area contributed by atoms with Crippen LogP contribution in [0.1, 0.15) is 307 Å². The van der Waals surface area contributed by atoms with E-state index in [4.69, 9.17) is 2.74 Å². The molecule has 0 N–H and O–H groups in total. The predicted octanol–water partition coefficient (Wildman–Crippen LogP) is 27.6. The maximum Gasteiger partial charge on any atom is 0.378 e. The monoisotopic (exact) mass is 1170 g/mol. The smallest absolute Gasteiger partial charge is 0.237 e. The lowest BCUT2D eigenvalue weighted by Crippen LogP contribution is -2.83. The summed E-state index contributed by atoms with van der Waals surface area (Å²) in [4.78, 5) is 0. The lowest BCUT2D eigenvalue weighted by molar-refractivity contribution is -0.432. The summed E-state index contributed by atoms with van der Waals surface area (Å²) >= 11 is 0. The molecule has 0 aromatic carbocycles. The van der Waals surface area contributed by atoms with Crippen molar-refractivity contribution in [3.63, 3.8) is 0 Å². The second-order valence-electron chi connectivity index (χ2n) is 28.2. The minimum atomic E-state index is -6.36. The van der Waals surface area contributed by atoms with E-state index in [-0.39, 0.29) is 20.8 Å². The summed E-state index contributed by atoms with van der Waals surface area (Å²) in [5, 5.41) is 0. The molecule has 0 aromatic rings. The Balaban J connectivity index is -0.000000122. The van der Waals surface area contributed by atoms with Crippen LogP contribution in [0.2, 0.25) is 49.9 Å². The first-order valence-electron chi connectivity index (χ1n) is 32.1. The second kappa shape index (κ2) is 44.3. The minimum Gasteiger partial charge on any atom is -0.237 e. The zero-order valence-electron chi connectivity index (χ0n) is 60.1. The Bertz CT molecular complexity index is 1180. The third kappa shape index (κ3) is 41.5. The Labute approximate surface area is 485 Å². The number of halogens is 9. The van der Waals surface area contributed by atoms with Gasteiger partial charge in [-0.3, -0.25) is 0 Å². The van der Waals surface area contributed by atoms with Gasteiger partial charge in [-0.2, -0.15) is 26.3 Å². The van der Waals surface area contributed by atoms with Gasteiger partial charge in [-0.05, 0) is 73.5 Å². The topological polar surface area (TPSA) is 0 Å². The van der Waals surface area contributed by atoms with Gasteiger partial charge in [0.05, 0.1) is 8.07 Å². The number of unbranched alkanes of at least 4 members (excludes halogenated alkanes) is 1. The Hall–Kier alpha value is -0.196. The molecule has 77 heavy (non-hydrogen) atoms. The molecule has 3 saturated carbocycles. The highest BCUT2D eigenvalue weighted by atomic mass is 28.3. The number of hydrogen-bond acceptors (Lipinski definition) is 0. The van der Waals surface area contributed by atoms with Gasteiger partial charge in [-0.15, -0.1) is 0 Å². The SMILES string of the molecule is CC(C)(C)C.CC1(F)C(F)(F)C(F)(F)C(F)(F)[C@](C)(F)C1(C)F.CC1CCC(C)(C)CC1.CC1CCC(C)CC1.CCC.CCC(C)(C)CC.CCC(C)C.CCCC.CC[Si](C)(C)C.CC[Si](CC)(CC)CC.[2H]C([2H])(C)C.